The topological polar surface area (TPSA) is 52.4 Å². The third-order valence-electron chi connectivity index (χ3n) is 2.69. The second kappa shape index (κ2) is 6.59. The van der Waals surface area contributed by atoms with Crippen LogP contribution >= 0.6 is 23.2 Å². The van der Waals surface area contributed by atoms with Crippen molar-refractivity contribution >= 4 is 28.9 Å². The van der Waals surface area contributed by atoms with Crippen molar-refractivity contribution in [2.24, 2.45) is 0 Å². The van der Waals surface area contributed by atoms with E-state index in [0.717, 1.165) is 5.56 Å². The lowest BCUT2D eigenvalue weighted by Crippen LogP contribution is -2.02. The van der Waals surface area contributed by atoms with Gasteiger partial charge < -0.3 is 4.74 Å². The van der Waals surface area contributed by atoms with Crippen molar-refractivity contribution in [2.45, 2.75) is 6.42 Å². The second-order valence-corrected chi connectivity index (χ2v) is 4.94. The van der Waals surface area contributed by atoms with Crippen molar-refractivity contribution in [1.82, 2.24) is 0 Å². The lowest BCUT2D eigenvalue weighted by Gasteiger charge is -2.08. The van der Waals surface area contributed by atoms with E-state index in [4.69, 9.17) is 27.9 Å². The van der Waals surface area contributed by atoms with Crippen LogP contribution in [0.5, 0.6) is 5.75 Å². The van der Waals surface area contributed by atoms with Gasteiger partial charge in [-0.2, -0.15) is 0 Å². The maximum atomic E-state index is 10.5. The van der Waals surface area contributed by atoms with Gasteiger partial charge in [0.25, 0.3) is 5.69 Å². The van der Waals surface area contributed by atoms with E-state index in [1.807, 2.05) is 0 Å². The van der Waals surface area contributed by atoms with Gasteiger partial charge in [-0.15, -0.1) is 0 Å². The maximum Gasteiger partial charge on any atom is 0.269 e. The Labute approximate surface area is 126 Å². The summed E-state index contributed by atoms with van der Waals surface area (Å²) in [7, 11) is 0. The third kappa shape index (κ3) is 3.85. The fraction of sp³-hybridized carbons (Fsp3) is 0.143. The van der Waals surface area contributed by atoms with E-state index >= 15 is 0 Å². The van der Waals surface area contributed by atoms with E-state index in [2.05, 4.69) is 0 Å². The highest BCUT2D eigenvalue weighted by molar-refractivity contribution is 6.34. The summed E-state index contributed by atoms with van der Waals surface area (Å²) in [5.74, 6) is 0.529. The molecule has 4 nitrogen and oxygen atoms in total. The molecule has 0 heterocycles. The standard InChI is InChI=1S/C14H11Cl2NO3/c15-11-3-6-13(16)14(9-11)20-8-7-10-1-4-12(5-2-10)17(18)19/h1-6,9H,7-8H2. The lowest BCUT2D eigenvalue weighted by molar-refractivity contribution is -0.384. The molecule has 0 atom stereocenters. The molecule has 0 radical (unpaired) electrons. The van der Waals surface area contributed by atoms with Crippen LogP contribution in [0.3, 0.4) is 0 Å². The van der Waals surface area contributed by atoms with Gasteiger partial charge in [0.15, 0.2) is 0 Å². The molecule has 0 spiro atoms. The van der Waals surface area contributed by atoms with Crippen molar-refractivity contribution in [1.29, 1.82) is 0 Å². The number of hydrogen-bond acceptors (Lipinski definition) is 3. The first-order chi connectivity index (χ1) is 9.56. The molecule has 0 aliphatic heterocycles. The number of nitrogens with zero attached hydrogens (tertiary/aromatic N) is 1. The number of benzene rings is 2. The van der Waals surface area contributed by atoms with Gasteiger partial charge in [0.1, 0.15) is 5.75 Å². The summed E-state index contributed by atoms with van der Waals surface area (Å²) in [6.45, 7) is 0.415. The average molecular weight is 312 g/mol. The summed E-state index contributed by atoms with van der Waals surface area (Å²) >= 11 is 11.8. The number of nitro benzene ring substituents is 1. The zero-order valence-corrected chi connectivity index (χ0v) is 11.9. The molecule has 2 aromatic rings. The Morgan fingerprint density at radius 3 is 2.45 bits per heavy atom. The number of nitro groups is 1. The van der Waals surface area contributed by atoms with Crippen molar-refractivity contribution < 1.29 is 9.66 Å². The predicted octanol–water partition coefficient (Wildman–Crippen LogP) is 4.52. The van der Waals surface area contributed by atoms with Crippen LogP contribution in [0.15, 0.2) is 42.5 Å². The first-order valence-corrected chi connectivity index (χ1v) is 6.63. The molecule has 0 unspecified atom stereocenters. The summed E-state index contributed by atoms with van der Waals surface area (Å²) in [5, 5.41) is 11.6. The van der Waals surface area contributed by atoms with Gasteiger partial charge in [0.05, 0.1) is 16.6 Å². The molecule has 2 aromatic carbocycles. The summed E-state index contributed by atoms with van der Waals surface area (Å²) < 4.78 is 5.55. The fourth-order valence-corrected chi connectivity index (χ4v) is 1.99. The molecule has 20 heavy (non-hydrogen) atoms. The zero-order valence-electron chi connectivity index (χ0n) is 10.4. The third-order valence-corrected chi connectivity index (χ3v) is 3.24. The molecule has 0 fully saturated rings. The summed E-state index contributed by atoms with van der Waals surface area (Å²) in [6.07, 6.45) is 0.626. The monoisotopic (exact) mass is 311 g/mol. The van der Waals surface area contributed by atoms with Gasteiger partial charge in [-0.1, -0.05) is 35.3 Å². The quantitative estimate of drug-likeness (QED) is 0.602. The zero-order chi connectivity index (χ0) is 14.5. The van der Waals surface area contributed by atoms with E-state index in [1.54, 1.807) is 30.3 Å². The Morgan fingerprint density at radius 2 is 1.80 bits per heavy atom. The van der Waals surface area contributed by atoms with Gasteiger partial charge in [-0.25, -0.2) is 0 Å². The van der Waals surface area contributed by atoms with Gasteiger partial charge >= 0.3 is 0 Å². The average Bonchev–Trinajstić information content (AvgIpc) is 2.43. The Morgan fingerprint density at radius 1 is 1.10 bits per heavy atom. The largest absolute Gasteiger partial charge is 0.492 e. The van der Waals surface area contributed by atoms with E-state index < -0.39 is 4.92 Å². The van der Waals surface area contributed by atoms with E-state index in [1.165, 1.54) is 12.1 Å². The smallest absolute Gasteiger partial charge is 0.269 e. The second-order valence-electron chi connectivity index (χ2n) is 4.10. The highest BCUT2D eigenvalue weighted by Gasteiger charge is 2.05. The molecule has 0 bridgehead atoms. The maximum absolute atomic E-state index is 10.5. The molecule has 0 N–H and O–H groups in total. The van der Waals surface area contributed by atoms with Crippen LogP contribution in [0.2, 0.25) is 10.0 Å². The van der Waals surface area contributed by atoms with Crippen LogP contribution in [-0.2, 0) is 6.42 Å². The van der Waals surface area contributed by atoms with Crippen molar-refractivity contribution in [3.8, 4) is 5.75 Å². The molecule has 2 rings (SSSR count). The SMILES string of the molecule is O=[N+]([O-])c1ccc(CCOc2cc(Cl)ccc2Cl)cc1. The molecule has 6 heteroatoms. The van der Waals surface area contributed by atoms with Gasteiger partial charge in [0.2, 0.25) is 0 Å². The number of ether oxygens (including phenoxy) is 1. The van der Waals surface area contributed by atoms with Gasteiger partial charge in [-0.3, -0.25) is 10.1 Å². The Bertz CT molecular complexity index is 614. The molecular formula is C14H11Cl2NO3. The summed E-state index contributed by atoms with van der Waals surface area (Å²) in [4.78, 5) is 10.1. The summed E-state index contributed by atoms with van der Waals surface area (Å²) in [6, 6.07) is 11.4. The van der Waals surface area contributed by atoms with E-state index in [0.29, 0.717) is 28.8 Å². The van der Waals surface area contributed by atoms with Gasteiger partial charge in [0, 0.05) is 29.6 Å². The first kappa shape index (κ1) is 14.6. The molecule has 0 aromatic heterocycles. The molecule has 0 saturated carbocycles. The first-order valence-electron chi connectivity index (χ1n) is 5.87. The molecule has 0 amide bonds. The molecule has 0 saturated heterocycles. The summed E-state index contributed by atoms with van der Waals surface area (Å²) in [5.41, 5.74) is 1.03. The lowest BCUT2D eigenvalue weighted by atomic mass is 10.1. The van der Waals surface area contributed by atoms with Crippen LogP contribution in [0, 0.1) is 10.1 Å². The molecular weight excluding hydrogens is 301 g/mol. The van der Waals surface area contributed by atoms with Crippen LogP contribution in [-0.4, -0.2) is 11.5 Å². The number of halogens is 2. The van der Waals surface area contributed by atoms with Crippen molar-refractivity contribution in [3.05, 3.63) is 68.2 Å². The Hall–Kier alpha value is -1.78. The molecule has 0 aliphatic rings. The van der Waals surface area contributed by atoms with E-state index in [9.17, 15) is 10.1 Å². The van der Waals surface area contributed by atoms with Crippen LogP contribution < -0.4 is 4.74 Å². The van der Waals surface area contributed by atoms with Gasteiger partial charge in [-0.05, 0) is 17.7 Å². The fourth-order valence-electron chi connectivity index (χ4n) is 1.65. The highest BCUT2D eigenvalue weighted by Crippen LogP contribution is 2.27. The van der Waals surface area contributed by atoms with Crippen LogP contribution in [0.4, 0.5) is 5.69 Å². The number of hydrogen-bond donors (Lipinski definition) is 0. The highest BCUT2D eigenvalue weighted by atomic mass is 35.5. The Kier molecular flexibility index (Phi) is 4.82. The molecule has 104 valence electrons. The van der Waals surface area contributed by atoms with Crippen LogP contribution in [0.1, 0.15) is 5.56 Å². The Balaban J connectivity index is 1.92. The number of non-ortho nitro benzene ring substituents is 1. The molecule has 0 aliphatic carbocycles. The predicted molar refractivity (Wildman–Crippen MR) is 78.8 cm³/mol. The van der Waals surface area contributed by atoms with Crippen molar-refractivity contribution in [3.63, 3.8) is 0 Å². The minimum Gasteiger partial charge on any atom is -0.492 e. The number of rotatable bonds is 5. The van der Waals surface area contributed by atoms with Crippen molar-refractivity contribution in [2.75, 3.05) is 6.61 Å². The minimum atomic E-state index is -0.425. The normalized spacial score (nSPS) is 10.3. The minimum absolute atomic E-state index is 0.0764. The van der Waals surface area contributed by atoms with E-state index in [-0.39, 0.29) is 5.69 Å². The van der Waals surface area contributed by atoms with Crippen LogP contribution in [0.25, 0.3) is 0 Å².